The molecular weight excluding hydrogens is 338 g/mol. The number of Topliss-reactive ketones (excluding diaryl/α,β-unsaturated/α-hetero) is 1. The van der Waals surface area contributed by atoms with Crippen molar-refractivity contribution in [1.82, 2.24) is 5.32 Å². The summed E-state index contributed by atoms with van der Waals surface area (Å²) in [6.07, 6.45) is 3.26. The number of hydrogen-bond donors (Lipinski definition) is 2. The number of benzene rings is 1. The summed E-state index contributed by atoms with van der Waals surface area (Å²) < 4.78 is 0. The highest BCUT2D eigenvalue weighted by Crippen LogP contribution is 2.45. The van der Waals surface area contributed by atoms with Crippen molar-refractivity contribution < 1.29 is 14.7 Å². The molecule has 27 heavy (non-hydrogen) atoms. The van der Waals surface area contributed by atoms with Crippen LogP contribution in [0.15, 0.2) is 53.6 Å². The number of ketones is 1. The minimum absolute atomic E-state index is 0.0448. The fourth-order valence-electron chi connectivity index (χ4n) is 4.47. The largest absolute Gasteiger partial charge is 0.394 e. The van der Waals surface area contributed by atoms with Crippen molar-refractivity contribution in [2.45, 2.75) is 45.6 Å². The van der Waals surface area contributed by atoms with Crippen LogP contribution in [-0.2, 0) is 9.59 Å². The lowest BCUT2D eigenvalue weighted by atomic mass is 9.86. The molecule has 144 valence electrons. The molecule has 0 heterocycles. The molecule has 2 N–H and O–H groups in total. The minimum Gasteiger partial charge on any atom is -0.394 e. The third-order valence-electron chi connectivity index (χ3n) is 6.35. The molecule has 1 saturated carbocycles. The Hall–Kier alpha value is -2.20. The molecule has 0 radical (unpaired) electrons. The third kappa shape index (κ3) is 4.06. The zero-order chi connectivity index (χ0) is 19.6. The molecule has 1 amide bonds. The van der Waals surface area contributed by atoms with Gasteiger partial charge >= 0.3 is 0 Å². The second-order valence-electron chi connectivity index (χ2n) is 7.98. The number of nitrogens with one attached hydrogen (secondary N) is 1. The quantitative estimate of drug-likeness (QED) is 0.779. The monoisotopic (exact) mass is 367 g/mol. The number of fused-ring (bicyclic) bond motifs is 1. The van der Waals surface area contributed by atoms with Crippen LogP contribution in [0.2, 0.25) is 0 Å². The highest BCUT2D eigenvalue weighted by molar-refractivity contribution is 5.99. The molecule has 0 saturated heterocycles. The molecule has 4 nitrogen and oxygen atoms in total. The van der Waals surface area contributed by atoms with Gasteiger partial charge in [0.15, 0.2) is 5.78 Å². The third-order valence-corrected chi connectivity index (χ3v) is 6.35. The summed E-state index contributed by atoms with van der Waals surface area (Å²) in [5.74, 6) is 0.867. The summed E-state index contributed by atoms with van der Waals surface area (Å²) in [6, 6.07) is 9.01. The van der Waals surface area contributed by atoms with Crippen LogP contribution in [0.25, 0.3) is 0 Å². The Morgan fingerprint density at radius 2 is 1.96 bits per heavy atom. The molecule has 2 aliphatic carbocycles. The number of amides is 1. The average molecular weight is 367 g/mol. The van der Waals surface area contributed by atoms with E-state index >= 15 is 0 Å². The summed E-state index contributed by atoms with van der Waals surface area (Å²) in [7, 11) is 0. The highest BCUT2D eigenvalue weighted by atomic mass is 16.3. The molecule has 3 rings (SSSR count). The summed E-state index contributed by atoms with van der Waals surface area (Å²) in [5.41, 5.74) is 3.54. The number of carbonyl (C=O) groups is 2. The van der Waals surface area contributed by atoms with Gasteiger partial charge in [-0.1, -0.05) is 49.4 Å². The first-order valence-corrected chi connectivity index (χ1v) is 9.80. The smallest absolute Gasteiger partial charge is 0.247 e. The zero-order valence-corrected chi connectivity index (χ0v) is 16.2. The van der Waals surface area contributed by atoms with Crippen LogP contribution in [0.3, 0.4) is 0 Å². The second kappa shape index (κ2) is 8.22. The maximum Gasteiger partial charge on any atom is 0.247 e. The number of rotatable bonds is 5. The number of aliphatic hydroxyl groups is 1. The van der Waals surface area contributed by atoms with Crippen LogP contribution in [-0.4, -0.2) is 23.4 Å². The minimum atomic E-state index is -0.443. The zero-order valence-electron chi connectivity index (χ0n) is 16.2. The standard InChI is InChI=1S/C23H29NO3/c1-14-9-10-18(11-20-16(3)22(26)12-19(14)20)15(2)23(27)24-21(13-25)17-7-5-4-6-8-17/h4-8,14,18-19,21,25H,2,9-13H2,1,3H3,(H,24,27)/t14?,18-,19?,21?/m0/s1. The van der Waals surface area contributed by atoms with Crippen molar-refractivity contribution in [3.05, 3.63) is 59.2 Å². The van der Waals surface area contributed by atoms with Gasteiger partial charge < -0.3 is 10.4 Å². The van der Waals surface area contributed by atoms with Gasteiger partial charge in [0, 0.05) is 12.0 Å². The lowest BCUT2D eigenvalue weighted by molar-refractivity contribution is -0.119. The second-order valence-corrected chi connectivity index (χ2v) is 7.98. The van der Waals surface area contributed by atoms with E-state index in [4.69, 9.17) is 0 Å². The maximum atomic E-state index is 12.8. The van der Waals surface area contributed by atoms with E-state index in [1.807, 2.05) is 37.3 Å². The van der Waals surface area contributed by atoms with Crippen LogP contribution in [0.4, 0.5) is 0 Å². The molecular formula is C23H29NO3. The van der Waals surface area contributed by atoms with E-state index in [1.165, 1.54) is 5.57 Å². The Bertz CT molecular complexity index is 765. The van der Waals surface area contributed by atoms with E-state index in [2.05, 4.69) is 18.8 Å². The molecule has 1 fully saturated rings. The first-order valence-electron chi connectivity index (χ1n) is 9.80. The van der Waals surface area contributed by atoms with Gasteiger partial charge in [0.25, 0.3) is 0 Å². The first-order chi connectivity index (χ1) is 12.9. The van der Waals surface area contributed by atoms with E-state index < -0.39 is 6.04 Å². The molecule has 0 bridgehead atoms. The number of aliphatic hydroxyl groups excluding tert-OH is 1. The van der Waals surface area contributed by atoms with Crippen molar-refractivity contribution >= 4 is 11.7 Å². The van der Waals surface area contributed by atoms with Gasteiger partial charge in [-0.25, -0.2) is 0 Å². The molecule has 0 spiro atoms. The molecule has 4 atom stereocenters. The summed E-state index contributed by atoms with van der Waals surface area (Å²) in [5, 5.41) is 12.6. The van der Waals surface area contributed by atoms with Crippen molar-refractivity contribution in [3.8, 4) is 0 Å². The fourth-order valence-corrected chi connectivity index (χ4v) is 4.47. The number of carbonyl (C=O) groups excluding carboxylic acids is 2. The van der Waals surface area contributed by atoms with Gasteiger partial charge in [0.2, 0.25) is 5.91 Å². The Labute approximate surface area is 161 Å². The van der Waals surface area contributed by atoms with Crippen molar-refractivity contribution in [2.75, 3.05) is 6.61 Å². The van der Waals surface area contributed by atoms with Crippen LogP contribution < -0.4 is 5.32 Å². The van der Waals surface area contributed by atoms with Crippen LogP contribution >= 0.6 is 0 Å². The molecule has 4 heteroatoms. The van der Waals surface area contributed by atoms with E-state index in [1.54, 1.807) is 0 Å². The molecule has 2 aliphatic rings. The van der Waals surface area contributed by atoms with Crippen molar-refractivity contribution in [3.63, 3.8) is 0 Å². The fraction of sp³-hybridized carbons (Fsp3) is 0.478. The van der Waals surface area contributed by atoms with Gasteiger partial charge in [-0.15, -0.1) is 0 Å². The summed E-state index contributed by atoms with van der Waals surface area (Å²) in [4.78, 5) is 25.0. The average Bonchev–Trinajstić information content (AvgIpc) is 2.86. The van der Waals surface area contributed by atoms with Gasteiger partial charge in [-0.2, -0.15) is 0 Å². The molecule has 1 aromatic carbocycles. The number of allylic oxidation sites excluding steroid dienone is 2. The Morgan fingerprint density at radius 3 is 2.63 bits per heavy atom. The maximum absolute atomic E-state index is 12.8. The SMILES string of the molecule is C=C(C(=O)NC(CO)c1ccccc1)[C@H]1CCC(C)C2CC(=O)C(C)=C2C1. The Morgan fingerprint density at radius 1 is 1.26 bits per heavy atom. The summed E-state index contributed by atoms with van der Waals surface area (Å²) >= 11 is 0. The van der Waals surface area contributed by atoms with Crippen molar-refractivity contribution in [1.29, 1.82) is 0 Å². The predicted molar refractivity (Wildman–Crippen MR) is 106 cm³/mol. The summed E-state index contributed by atoms with van der Waals surface area (Å²) in [6.45, 7) is 8.05. The Balaban J connectivity index is 1.73. The van der Waals surface area contributed by atoms with E-state index in [-0.39, 0.29) is 24.2 Å². The van der Waals surface area contributed by atoms with Crippen LogP contribution in [0, 0.1) is 17.8 Å². The van der Waals surface area contributed by atoms with Crippen LogP contribution in [0.5, 0.6) is 0 Å². The molecule has 3 unspecified atom stereocenters. The highest BCUT2D eigenvalue weighted by Gasteiger charge is 2.38. The van der Waals surface area contributed by atoms with Gasteiger partial charge in [0.05, 0.1) is 12.6 Å². The van der Waals surface area contributed by atoms with Gasteiger partial charge in [-0.05, 0) is 55.1 Å². The van der Waals surface area contributed by atoms with Crippen LogP contribution in [0.1, 0.15) is 51.1 Å². The molecule has 0 aromatic heterocycles. The van der Waals surface area contributed by atoms with Gasteiger partial charge in [-0.3, -0.25) is 9.59 Å². The lowest BCUT2D eigenvalue weighted by Crippen LogP contribution is -2.33. The lowest BCUT2D eigenvalue weighted by Gasteiger charge is -2.22. The van der Waals surface area contributed by atoms with E-state index in [0.717, 1.165) is 30.4 Å². The molecule has 0 aliphatic heterocycles. The topological polar surface area (TPSA) is 66.4 Å². The first kappa shape index (κ1) is 19.6. The normalized spacial score (nSPS) is 26.3. The Kier molecular flexibility index (Phi) is 5.95. The predicted octanol–water partition coefficient (Wildman–Crippen LogP) is 3.73. The van der Waals surface area contributed by atoms with Gasteiger partial charge in [0.1, 0.15) is 0 Å². The molecule has 1 aromatic rings. The van der Waals surface area contributed by atoms with E-state index in [9.17, 15) is 14.7 Å². The van der Waals surface area contributed by atoms with E-state index in [0.29, 0.717) is 23.8 Å². The van der Waals surface area contributed by atoms with Crippen molar-refractivity contribution in [2.24, 2.45) is 17.8 Å². The number of hydrogen-bond acceptors (Lipinski definition) is 3.